The molecule has 1 aromatic rings. The van der Waals surface area contributed by atoms with Crippen molar-refractivity contribution in [3.05, 3.63) is 23.8 Å². The topological polar surface area (TPSA) is 29.5 Å². The minimum atomic E-state index is 0.278. The van der Waals surface area contributed by atoms with Gasteiger partial charge in [-0.1, -0.05) is 38.3 Å². The number of hydrogen-bond acceptors (Lipinski definition) is 2. The molecule has 0 saturated heterocycles. The van der Waals surface area contributed by atoms with Crippen molar-refractivity contribution in [2.75, 3.05) is 0 Å². The van der Waals surface area contributed by atoms with Crippen molar-refractivity contribution < 1.29 is 9.84 Å². The lowest BCUT2D eigenvalue weighted by Gasteiger charge is -2.10. The van der Waals surface area contributed by atoms with Crippen molar-refractivity contribution >= 4 is 0 Å². The van der Waals surface area contributed by atoms with Crippen LogP contribution >= 0.6 is 0 Å². The van der Waals surface area contributed by atoms with E-state index in [0.29, 0.717) is 5.75 Å². The number of unbranched alkanes of at least 4 members (excludes halogenated alkanes) is 3. The standard InChI is InChI=1S/C14H20O2/c1-2-3-4-5-8-12-10-11-7-6-9-13(15)14(11)16-12/h6-7,9,12,15H,2-5,8,10H2,1H3. The number of ether oxygens (including phenoxy) is 1. The maximum absolute atomic E-state index is 9.63. The van der Waals surface area contributed by atoms with Crippen LogP contribution < -0.4 is 4.74 Å². The van der Waals surface area contributed by atoms with E-state index in [-0.39, 0.29) is 11.9 Å². The van der Waals surface area contributed by atoms with Crippen LogP contribution in [0.4, 0.5) is 0 Å². The number of benzene rings is 1. The summed E-state index contributed by atoms with van der Waals surface area (Å²) >= 11 is 0. The fourth-order valence-electron chi connectivity index (χ4n) is 2.28. The Balaban J connectivity index is 1.84. The molecule has 2 heteroatoms. The predicted molar refractivity (Wildman–Crippen MR) is 65.0 cm³/mol. The van der Waals surface area contributed by atoms with Crippen LogP contribution in [0.25, 0.3) is 0 Å². The van der Waals surface area contributed by atoms with Gasteiger partial charge in [0.2, 0.25) is 0 Å². The molecule has 88 valence electrons. The van der Waals surface area contributed by atoms with Crippen molar-refractivity contribution in [2.45, 2.75) is 51.6 Å². The van der Waals surface area contributed by atoms with E-state index < -0.39 is 0 Å². The summed E-state index contributed by atoms with van der Waals surface area (Å²) in [7, 11) is 0. The van der Waals surface area contributed by atoms with Gasteiger partial charge in [-0.3, -0.25) is 0 Å². The number of phenols is 1. The molecule has 2 nitrogen and oxygen atoms in total. The van der Waals surface area contributed by atoms with Gasteiger partial charge in [0.1, 0.15) is 6.10 Å². The van der Waals surface area contributed by atoms with E-state index in [0.717, 1.165) is 18.4 Å². The Morgan fingerprint density at radius 2 is 2.19 bits per heavy atom. The minimum absolute atomic E-state index is 0.278. The number of rotatable bonds is 5. The molecule has 0 amide bonds. The van der Waals surface area contributed by atoms with Crippen LogP contribution in [0.3, 0.4) is 0 Å². The quantitative estimate of drug-likeness (QED) is 0.767. The maximum atomic E-state index is 9.63. The highest BCUT2D eigenvalue weighted by Crippen LogP contribution is 2.37. The summed E-state index contributed by atoms with van der Waals surface area (Å²) in [6.45, 7) is 2.22. The van der Waals surface area contributed by atoms with E-state index in [9.17, 15) is 5.11 Å². The first-order chi connectivity index (χ1) is 7.81. The van der Waals surface area contributed by atoms with Gasteiger partial charge in [0.25, 0.3) is 0 Å². The van der Waals surface area contributed by atoms with Crippen LogP contribution in [0.5, 0.6) is 11.5 Å². The smallest absolute Gasteiger partial charge is 0.164 e. The Morgan fingerprint density at radius 3 is 2.94 bits per heavy atom. The SMILES string of the molecule is CCCCCCC1Cc2cccc(O)c2O1. The van der Waals surface area contributed by atoms with Gasteiger partial charge in [-0.2, -0.15) is 0 Å². The van der Waals surface area contributed by atoms with E-state index >= 15 is 0 Å². The normalized spacial score (nSPS) is 18.2. The molecular weight excluding hydrogens is 200 g/mol. The van der Waals surface area contributed by atoms with Gasteiger partial charge in [0, 0.05) is 12.0 Å². The van der Waals surface area contributed by atoms with E-state index in [1.165, 1.54) is 25.7 Å². The van der Waals surface area contributed by atoms with E-state index in [2.05, 4.69) is 6.92 Å². The molecule has 0 radical (unpaired) electrons. The van der Waals surface area contributed by atoms with Crippen LogP contribution in [-0.4, -0.2) is 11.2 Å². The Morgan fingerprint density at radius 1 is 1.31 bits per heavy atom. The second-order valence-corrected chi connectivity index (χ2v) is 4.56. The molecule has 1 unspecified atom stereocenters. The van der Waals surface area contributed by atoms with Crippen molar-refractivity contribution in [1.82, 2.24) is 0 Å². The van der Waals surface area contributed by atoms with Crippen LogP contribution in [0.15, 0.2) is 18.2 Å². The van der Waals surface area contributed by atoms with Crippen LogP contribution in [-0.2, 0) is 6.42 Å². The lowest BCUT2D eigenvalue weighted by Crippen LogP contribution is -2.12. The zero-order chi connectivity index (χ0) is 11.4. The number of hydrogen-bond donors (Lipinski definition) is 1. The summed E-state index contributed by atoms with van der Waals surface area (Å²) < 4.78 is 5.77. The molecule has 1 atom stereocenters. The third-order valence-corrected chi connectivity index (χ3v) is 3.19. The van der Waals surface area contributed by atoms with Crippen LogP contribution in [0, 0.1) is 0 Å². The summed E-state index contributed by atoms with van der Waals surface area (Å²) in [4.78, 5) is 0. The summed E-state index contributed by atoms with van der Waals surface area (Å²) in [5.74, 6) is 0.997. The molecule has 0 saturated carbocycles. The van der Waals surface area contributed by atoms with Crippen molar-refractivity contribution in [1.29, 1.82) is 0 Å². The van der Waals surface area contributed by atoms with Crippen LogP contribution in [0.2, 0.25) is 0 Å². The zero-order valence-electron chi connectivity index (χ0n) is 9.91. The average Bonchev–Trinajstić information content (AvgIpc) is 2.69. The van der Waals surface area contributed by atoms with E-state index in [4.69, 9.17) is 4.74 Å². The monoisotopic (exact) mass is 220 g/mol. The summed E-state index contributed by atoms with van der Waals surface area (Å²) in [6, 6.07) is 5.62. The largest absolute Gasteiger partial charge is 0.504 e. The first-order valence-corrected chi connectivity index (χ1v) is 6.28. The average molecular weight is 220 g/mol. The first-order valence-electron chi connectivity index (χ1n) is 6.28. The Kier molecular flexibility index (Phi) is 3.70. The number of para-hydroxylation sites is 1. The molecule has 0 fully saturated rings. The highest BCUT2D eigenvalue weighted by Gasteiger charge is 2.24. The minimum Gasteiger partial charge on any atom is -0.504 e. The number of aromatic hydroxyl groups is 1. The molecule has 0 spiro atoms. The fourth-order valence-corrected chi connectivity index (χ4v) is 2.28. The van der Waals surface area contributed by atoms with E-state index in [1.807, 2.05) is 12.1 Å². The van der Waals surface area contributed by atoms with Crippen molar-refractivity contribution in [3.63, 3.8) is 0 Å². The molecule has 16 heavy (non-hydrogen) atoms. The zero-order valence-corrected chi connectivity index (χ0v) is 9.91. The predicted octanol–water partition coefficient (Wildman–Crippen LogP) is 3.67. The second kappa shape index (κ2) is 5.24. The number of fused-ring (bicyclic) bond motifs is 1. The second-order valence-electron chi connectivity index (χ2n) is 4.56. The molecular formula is C14H20O2. The van der Waals surface area contributed by atoms with Gasteiger partial charge in [0.05, 0.1) is 0 Å². The lowest BCUT2D eigenvalue weighted by atomic mass is 10.0. The van der Waals surface area contributed by atoms with Crippen molar-refractivity contribution in [3.8, 4) is 11.5 Å². The summed E-state index contributed by atoms with van der Waals surface area (Å²) in [6.07, 6.45) is 7.44. The molecule has 0 aromatic heterocycles. The molecule has 1 aliphatic rings. The fraction of sp³-hybridized carbons (Fsp3) is 0.571. The third-order valence-electron chi connectivity index (χ3n) is 3.19. The summed E-state index contributed by atoms with van der Waals surface area (Å²) in [5, 5.41) is 9.63. The van der Waals surface area contributed by atoms with Gasteiger partial charge < -0.3 is 9.84 Å². The number of phenolic OH excluding ortho intramolecular Hbond substituents is 1. The van der Waals surface area contributed by atoms with Gasteiger partial charge >= 0.3 is 0 Å². The summed E-state index contributed by atoms with van der Waals surface area (Å²) in [5.41, 5.74) is 1.15. The molecule has 0 aliphatic carbocycles. The van der Waals surface area contributed by atoms with Gasteiger partial charge in [-0.05, 0) is 18.9 Å². The molecule has 1 aromatic carbocycles. The molecule has 1 heterocycles. The highest BCUT2D eigenvalue weighted by molar-refractivity contribution is 5.48. The molecule has 1 aliphatic heterocycles. The molecule has 0 bridgehead atoms. The maximum Gasteiger partial charge on any atom is 0.164 e. The molecule has 2 rings (SSSR count). The first kappa shape index (κ1) is 11.3. The molecule has 1 N–H and O–H groups in total. The van der Waals surface area contributed by atoms with Gasteiger partial charge in [-0.25, -0.2) is 0 Å². The van der Waals surface area contributed by atoms with Gasteiger partial charge in [0.15, 0.2) is 11.5 Å². The highest BCUT2D eigenvalue weighted by atomic mass is 16.5. The Bertz CT molecular complexity index is 347. The van der Waals surface area contributed by atoms with Crippen molar-refractivity contribution in [2.24, 2.45) is 0 Å². The van der Waals surface area contributed by atoms with Gasteiger partial charge in [-0.15, -0.1) is 0 Å². The Hall–Kier alpha value is -1.18. The third kappa shape index (κ3) is 2.49. The Labute approximate surface area is 97.3 Å². The van der Waals surface area contributed by atoms with Crippen LogP contribution in [0.1, 0.15) is 44.6 Å². The lowest BCUT2D eigenvalue weighted by molar-refractivity contribution is 0.209. The van der Waals surface area contributed by atoms with E-state index in [1.54, 1.807) is 6.07 Å².